The van der Waals surface area contributed by atoms with Crippen LogP contribution in [0.4, 0.5) is 26.3 Å². The second-order valence-electron chi connectivity index (χ2n) is 5.13. The third-order valence-corrected chi connectivity index (χ3v) is 4.42. The summed E-state index contributed by atoms with van der Waals surface area (Å²) in [5.41, 5.74) is -5.54. The van der Waals surface area contributed by atoms with Crippen LogP contribution in [-0.2, 0) is 10.1 Å². The summed E-state index contributed by atoms with van der Waals surface area (Å²) < 4.78 is 112. The van der Waals surface area contributed by atoms with Gasteiger partial charge >= 0.3 is 27.2 Å². The van der Waals surface area contributed by atoms with Gasteiger partial charge in [-0.15, -0.1) is 0 Å². The number of hydrogen-bond donors (Lipinski definition) is 1. The molecule has 0 fully saturated rings. The number of unbranched alkanes of at least 4 members (excludes halogenated alkanes) is 1. The minimum absolute atomic E-state index is 0.203. The number of hydrogen-bond acceptors (Lipinski definition) is 4. The van der Waals surface area contributed by atoms with E-state index in [1.807, 2.05) is 0 Å². The van der Waals surface area contributed by atoms with Crippen molar-refractivity contribution in [2.45, 2.75) is 43.0 Å². The molecule has 0 aromatic rings. The molecule has 23 heavy (non-hydrogen) atoms. The molecule has 1 aliphatic heterocycles. The Morgan fingerprint density at radius 2 is 1.65 bits per heavy atom. The van der Waals surface area contributed by atoms with E-state index >= 15 is 0 Å². The minimum atomic E-state index is -6.66. The molecule has 0 bridgehead atoms. The first-order chi connectivity index (χ1) is 10.2. The van der Waals surface area contributed by atoms with Crippen molar-refractivity contribution in [2.75, 3.05) is 13.6 Å². The zero-order valence-electron chi connectivity index (χ0n) is 12.2. The SMILES string of the molecule is CCCCN1C=CN(C)C1C(F)(C(F)(F)F)C(F)(F)S(=O)(=O)O. The van der Waals surface area contributed by atoms with Crippen molar-refractivity contribution < 1.29 is 39.3 Å². The van der Waals surface area contributed by atoms with Gasteiger partial charge in [0.15, 0.2) is 6.17 Å². The maximum atomic E-state index is 14.7. The smallest absolute Gasteiger partial charge is 0.356 e. The predicted molar refractivity (Wildman–Crippen MR) is 68.7 cm³/mol. The van der Waals surface area contributed by atoms with Crippen molar-refractivity contribution in [2.24, 2.45) is 0 Å². The molecule has 1 heterocycles. The van der Waals surface area contributed by atoms with Gasteiger partial charge in [0, 0.05) is 26.0 Å². The molecule has 0 saturated carbocycles. The summed E-state index contributed by atoms with van der Waals surface area (Å²) in [7, 11) is -5.76. The molecule has 0 aromatic heterocycles. The third kappa shape index (κ3) is 3.10. The Labute approximate surface area is 129 Å². The minimum Gasteiger partial charge on any atom is -0.356 e. The van der Waals surface area contributed by atoms with Gasteiger partial charge in [-0.2, -0.15) is 30.4 Å². The molecule has 2 atom stereocenters. The molecule has 136 valence electrons. The van der Waals surface area contributed by atoms with E-state index in [2.05, 4.69) is 0 Å². The molecule has 0 aromatic carbocycles. The largest absolute Gasteiger partial charge is 0.433 e. The Hall–Kier alpha value is -1.17. The molecule has 1 rings (SSSR count). The molecule has 0 saturated heterocycles. The molecule has 5 nitrogen and oxygen atoms in total. The van der Waals surface area contributed by atoms with Gasteiger partial charge in [-0.3, -0.25) is 4.55 Å². The van der Waals surface area contributed by atoms with Gasteiger partial charge in [-0.05, 0) is 6.42 Å². The van der Waals surface area contributed by atoms with Crippen LogP contribution >= 0.6 is 0 Å². The molecule has 2 unspecified atom stereocenters. The van der Waals surface area contributed by atoms with Crippen LogP contribution < -0.4 is 0 Å². The lowest BCUT2D eigenvalue weighted by atomic mass is 10.00. The quantitative estimate of drug-likeness (QED) is 0.575. The lowest BCUT2D eigenvalue weighted by Crippen LogP contribution is -2.70. The maximum Gasteiger partial charge on any atom is 0.433 e. The van der Waals surface area contributed by atoms with Crippen molar-refractivity contribution in [3.63, 3.8) is 0 Å². The summed E-state index contributed by atoms with van der Waals surface area (Å²) in [6.45, 7) is 1.48. The number of halogens is 6. The van der Waals surface area contributed by atoms with Crippen LogP contribution in [-0.4, -0.2) is 59.6 Å². The standard InChI is InChI=1S/C11H16F6N2O3S/c1-3-4-5-19-7-6-18(2)8(19)9(12,10(13,14)15)11(16,17)23(20,21)22/h6-8H,3-5H2,1-2H3,(H,20,21,22). The van der Waals surface area contributed by atoms with E-state index in [1.165, 1.54) is 0 Å². The van der Waals surface area contributed by atoms with E-state index in [-0.39, 0.29) is 13.0 Å². The van der Waals surface area contributed by atoms with Crippen LogP contribution in [0.5, 0.6) is 0 Å². The molecular formula is C11H16F6N2O3S. The van der Waals surface area contributed by atoms with Crippen LogP contribution in [0.3, 0.4) is 0 Å². The molecule has 1 N–H and O–H groups in total. The van der Waals surface area contributed by atoms with E-state index in [0.717, 1.165) is 19.4 Å². The lowest BCUT2D eigenvalue weighted by Gasteiger charge is -2.43. The van der Waals surface area contributed by atoms with Gasteiger partial charge in [0.2, 0.25) is 0 Å². The molecule has 0 spiro atoms. The average molecular weight is 370 g/mol. The monoisotopic (exact) mass is 370 g/mol. The molecule has 12 heteroatoms. The molecule has 0 amide bonds. The van der Waals surface area contributed by atoms with Gasteiger partial charge in [0.25, 0.3) is 0 Å². The molecular weight excluding hydrogens is 354 g/mol. The highest BCUT2D eigenvalue weighted by Gasteiger charge is 2.81. The zero-order chi connectivity index (χ0) is 18.3. The van der Waals surface area contributed by atoms with Gasteiger partial charge in [-0.1, -0.05) is 13.3 Å². The maximum absolute atomic E-state index is 14.7. The van der Waals surface area contributed by atoms with Crippen LogP contribution in [0.1, 0.15) is 19.8 Å². The van der Waals surface area contributed by atoms with E-state index < -0.39 is 33.4 Å². The first-order valence-corrected chi connectivity index (χ1v) is 7.92. The third-order valence-electron chi connectivity index (χ3n) is 3.48. The lowest BCUT2D eigenvalue weighted by molar-refractivity contribution is -0.307. The van der Waals surface area contributed by atoms with Crippen molar-refractivity contribution >= 4 is 10.1 Å². The Bertz CT molecular complexity index is 565. The first kappa shape index (κ1) is 19.9. The Balaban J connectivity index is 3.48. The molecule has 0 aliphatic carbocycles. The Morgan fingerprint density at radius 3 is 2.04 bits per heavy atom. The van der Waals surface area contributed by atoms with Gasteiger partial charge < -0.3 is 9.80 Å². The normalized spacial score (nSPS) is 22.6. The van der Waals surface area contributed by atoms with Gasteiger partial charge in [0.05, 0.1) is 0 Å². The summed E-state index contributed by atoms with van der Waals surface area (Å²) in [5, 5.41) is -6.09. The second kappa shape index (κ2) is 6.04. The van der Waals surface area contributed by atoms with Crippen LogP contribution in [0, 0.1) is 0 Å². The summed E-state index contributed by atoms with van der Waals surface area (Å²) >= 11 is 0. The number of alkyl halides is 6. The summed E-state index contributed by atoms with van der Waals surface area (Å²) in [6, 6.07) is 0. The van der Waals surface area contributed by atoms with Crippen molar-refractivity contribution in [3.05, 3.63) is 12.4 Å². The fourth-order valence-corrected chi connectivity index (χ4v) is 2.88. The van der Waals surface area contributed by atoms with Crippen molar-refractivity contribution in [1.29, 1.82) is 0 Å². The summed E-state index contributed by atoms with van der Waals surface area (Å²) in [6.07, 6.45) is -6.31. The second-order valence-corrected chi connectivity index (χ2v) is 6.59. The predicted octanol–water partition coefficient (Wildman–Crippen LogP) is 2.58. The first-order valence-electron chi connectivity index (χ1n) is 6.48. The Morgan fingerprint density at radius 1 is 1.13 bits per heavy atom. The van der Waals surface area contributed by atoms with Crippen LogP contribution in [0.15, 0.2) is 12.4 Å². The average Bonchev–Trinajstić information content (AvgIpc) is 2.73. The van der Waals surface area contributed by atoms with Crippen LogP contribution in [0.25, 0.3) is 0 Å². The summed E-state index contributed by atoms with van der Waals surface area (Å²) in [5.74, 6) is 0. The highest BCUT2D eigenvalue weighted by molar-refractivity contribution is 7.87. The fraction of sp³-hybridized carbons (Fsp3) is 0.818. The van der Waals surface area contributed by atoms with Gasteiger partial charge in [0.1, 0.15) is 0 Å². The van der Waals surface area contributed by atoms with Crippen molar-refractivity contribution in [1.82, 2.24) is 9.80 Å². The summed E-state index contributed by atoms with van der Waals surface area (Å²) in [4.78, 5) is 1.12. The van der Waals surface area contributed by atoms with E-state index in [4.69, 9.17) is 4.55 Å². The highest BCUT2D eigenvalue weighted by Crippen LogP contribution is 2.52. The number of rotatable bonds is 6. The van der Waals surface area contributed by atoms with Crippen molar-refractivity contribution in [3.8, 4) is 0 Å². The molecule has 0 radical (unpaired) electrons. The molecule has 1 aliphatic rings. The topological polar surface area (TPSA) is 60.9 Å². The fourth-order valence-electron chi connectivity index (χ4n) is 2.28. The van der Waals surface area contributed by atoms with E-state index in [0.29, 0.717) is 16.2 Å². The van der Waals surface area contributed by atoms with Gasteiger partial charge in [-0.25, -0.2) is 4.39 Å². The van der Waals surface area contributed by atoms with E-state index in [1.54, 1.807) is 6.92 Å². The van der Waals surface area contributed by atoms with E-state index in [9.17, 15) is 34.8 Å². The van der Waals surface area contributed by atoms with Crippen LogP contribution in [0.2, 0.25) is 0 Å². The Kier molecular flexibility index (Phi) is 5.22. The zero-order valence-corrected chi connectivity index (χ0v) is 13.0. The highest BCUT2D eigenvalue weighted by atomic mass is 32.2. The number of nitrogens with zero attached hydrogens (tertiary/aromatic N) is 2.